The third-order valence-corrected chi connectivity index (χ3v) is 5.47. The van der Waals surface area contributed by atoms with Crippen molar-refractivity contribution in [2.24, 2.45) is 0 Å². The summed E-state index contributed by atoms with van der Waals surface area (Å²) < 4.78 is 7.53. The minimum atomic E-state index is 0.0600. The lowest BCUT2D eigenvalue weighted by atomic mass is 10.2. The molecule has 1 aromatic carbocycles. The highest BCUT2D eigenvalue weighted by atomic mass is 32.2. The van der Waals surface area contributed by atoms with E-state index >= 15 is 0 Å². The predicted molar refractivity (Wildman–Crippen MR) is 101 cm³/mol. The molecule has 1 aliphatic heterocycles. The predicted octanol–water partition coefficient (Wildman–Crippen LogP) is 1.78. The summed E-state index contributed by atoms with van der Waals surface area (Å²) >= 11 is 1.43. The van der Waals surface area contributed by atoms with Crippen molar-refractivity contribution < 1.29 is 9.53 Å². The normalized spacial score (nSPS) is 17.3. The Kier molecular flexibility index (Phi) is 5.12. The lowest BCUT2D eigenvalue weighted by molar-refractivity contribution is -0.118. The first-order chi connectivity index (χ1) is 12.7. The average molecular weight is 373 g/mol. The van der Waals surface area contributed by atoms with E-state index in [0.717, 1.165) is 48.3 Å². The highest BCUT2D eigenvalue weighted by Gasteiger charge is 2.25. The van der Waals surface area contributed by atoms with Crippen molar-refractivity contribution in [3.05, 3.63) is 29.8 Å². The number of thioether (sulfide) groups is 1. The molecule has 0 bridgehead atoms. The van der Waals surface area contributed by atoms with E-state index in [1.165, 1.54) is 11.8 Å². The van der Waals surface area contributed by atoms with Gasteiger partial charge in [0.15, 0.2) is 5.16 Å². The number of anilines is 1. The van der Waals surface area contributed by atoms with E-state index in [4.69, 9.17) is 4.74 Å². The van der Waals surface area contributed by atoms with Gasteiger partial charge in [0.2, 0.25) is 11.9 Å². The number of ether oxygens (including phenoxy) is 1. The van der Waals surface area contributed by atoms with Crippen molar-refractivity contribution in [2.75, 3.05) is 37.0 Å². The number of hydrogen-bond donors (Lipinski definition) is 1. The average Bonchev–Trinajstić information content (AvgIpc) is 3.37. The lowest BCUT2D eigenvalue weighted by Crippen LogP contribution is -2.38. The van der Waals surface area contributed by atoms with Gasteiger partial charge in [-0.3, -0.25) is 9.36 Å². The Morgan fingerprint density at radius 1 is 1.27 bits per heavy atom. The van der Waals surface area contributed by atoms with E-state index < -0.39 is 0 Å². The molecule has 0 unspecified atom stereocenters. The Hall–Kier alpha value is -2.06. The molecule has 1 aliphatic carbocycles. The van der Waals surface area contributed by atoms with Crippen LogP contribution in [0, 0.1) is 6.92 Å². The molecule has 2 heterocycles. The molecule has 2 aromatic rings. The molecule has 26 heavy (non-hydrogen) atoms. The third-order valence-electron chi connectivity index (χ3n) is 4.54. The van der Waals surface area contributed by atoms with Crippen molar-refractivity contribution in [2.45, 2.75) is 31.0 Å². The highest BCUT2D eigenvalue weighted by molar-refractivity contribution is 7.99. The monoisotopic (exact) mass is 373 g/mol. The summed E-state index contributed by atoms with van der Waals surface area (Å²) in [6.45, 7) is 5.03. The van der Waals surface area contributed by atoms with Gasteiger partial charge in [0.1, 0.15) is 0 Å². The lowest BCUT2D eigenvalue weighted by Gasteiger charge is -2.28. The van der Waals surface area contributed by atoms with Crippen LogP contribution < -0.4 is 10.2 Å². The molecule has 138 valence electrons. The van der Waals surface area contributed by atoms with Gasteiger partial charge in [-0.05, 0) is 31.4 Å². The number of benzene rings is 1. The van der Waals surface area contributed by atoms with Crippen LogP contribution in [0.1, 0.15) is 18.4 Å². The van der Waals surface area contributed by atoms with Crippen LogP contribution in [-0.2, 0) is 9.53 Å². The second-order valence-electron chi connectivity index (χ2n) is 6.63. The molecule has 1 N–H and O–H groups in total. The maximum atomic E-state index is 12.1. The number of carbonyl (C=O) groups excluding carboxylic acids is 1. The van der Waals surface area contributed by atoms with E-state index in [1.807, 2.05) is 12.1 Å². The Bertz CT molecular complexity index is 784. The fraction of sp³-hybridized carbons (Fsp3) is 0.500. The Morgan fingerprint density at radius 3 is 2.77 bits per heavy atom. The van der Waals surface area contributed by atoms with Crippen LogP contribution in [0.3, 0.4) is 0 Å². The molecule has 1 saturated heterocycles. The van der Waals surface area contributed by atoms with Gasteiger partial charge < -0.3 is 15.0 Å². The molecular weight excluding hydrogens is 350 g/mol. The van der Waals surface area contributed by atoms with Crippen LogP contribution in [0.25, 0.3) is 5.69 Å². The molecule has 1 saturated carbocycles. The van der Waals surface area contributed by atoms with Crippen molar-refractivity contribution >= 4 is 23.6 Å². The topological polar surface area (TPSA) is 72.3 Å². The maximum absolute atomic E-state index is 12.1. The molecule has 7 nitrogen and oxygen atoms in total. The molecule has 0 radical (unpaired) electrons. The van der Waals surface area contributed by atoms with Crippen molar-refractivity contribution in [1.82, 2.24) is 20.1 Å². The number of nitrogens with one attached hydrogen (secondary N) is 1. The van der Waals surface area contributed by atoms with Crippen molar-refractivity contribution in [3.63, 3.8) is 0 Å². The van der Waals surface area contributed by atoms with E-state index in [2.05, 4.69) is 44.0 Å². The van der Waals surface area contributed by atoms with Gasteiger partial charge in [-0.2, -0.15) is 0 Å². The third kappa shape index (κ3) is 3.86. The molecular formula is C18H23N5O2S. The molecule has 0 atom stereocenters. The standard InChI is InChI=1S/C18H23N5O2S/c1-13-4-2-3-5-15(13)23-17(22-8-10-25-11-9-22)20-21-18(23)26-12-16(24)19-14-6-7-14/h2-5,14H,6-12H2,1H3,(H,19,24). The molecule has 2 fully saturated rings. The van der Waals surface area contributed by atoms with Gasteiger partial charge in [0.25, 0.3) is 0 Å². The Morgan fingerprint density at radius 2 is 2.04 bits per heavy atom. The number of amides is 1. The smallest absolute Gasteiger partial charge is 0.232 e. The Balaban J connectivity index is 1.61. The minimum Gasteiger partial charge on any atom is -0.378 e. The first-order valence-corrected chi connectivity index (χ1v) is 9.97. The SMILES string of the molecule is Cc1ccccc1-n1c(SCC(=O)NC2CC2)nnc1N1CCOCC1. The largest absolute Gasteiger partial charge is 0.378 e. The molecule has 8 heteroatoms. The van der Waals surface area contributed by atoms with Crippen LogP contribution in [0.2, 0.25) is 0 Å². The van der Waals surface area contributed by atoms with E-state index in [-0.39, 0.29) is 5.91 Å². The molecule has 0 spiro atoms. The summed E-state index contributed by atoms with van der Waals surface area (Å²) in [5, 5.41) is 12.6. The summed E-state index contributed by atoms with van der Waals surface area (Å²) in [7, 11) is 0. The van der Waals surface area contributed by atoms with Crippen LogP contribution in [0.4, 0.5) is 5.95 Å². The van der Waals surface area contributed by atoms with Crippen LogP contribution in [-0.4, -0.2) is 58.8 Å². The van der Waals surface area contributed by atoms with Gasteiger partial charge in [-0.15, -0.1) is 10.2 Å². The zero-order valence-electron chi connectivity index (χ0n) is 14.9. The van der Waals surface area contributed by atoms with E-state index in [0.29, 0.717) is 25.0 Å². The quantitative estimate of drug-likeness (QED) is 0.779. The fourth-order valence-electron chi connectivity index (χ4n) is 2.98. The molecule has 1 amide bonds. The van der Waals surface area contributed by atoms with Crippen LogP contribution in [0.15, 0.2) is 29.4 Å². The van der Waals surface area contributed by atoms with Crippen molar-refractivity contribution in [3.8, 4) is 5.69 Å². The van der Waals surface area contributed by atoms with Crippen LogP contribution in [0.5, 0.6) is 0 Å². The molecule has 2 aliphatic rings. The van der Waals surface area contributed by atoms with Crippen LogP contribution >= 0.6 is 11.8 Å². The molecule has 4 rings (SSSR count). The second-order valence-corrected chi connectivity index (χ2v) is 7.58. The summed E-state index contributed by atoms with van der Waals surface area (Å²) in [4.78, 5) is 14.3. The molecule has 1 aromatic heterocycles. The Labute approximate surface area is 157 Å². The second kappa shape index (κ2) is 7.67. The van der Waals surface area contributed by atoms with Crippen molar-refractivity contribution in [1.29, 1.82) is 0 Å². The first kappa shape index (κ1) is 17.4. The minimum absolute atomic E-state index is 0.0600. The number of carbonyl (C=O) groups is 1. The van der Waals surface area contributed by atoms with Gasteiger partial charge in [0, 0.05) is 19.1 Å². The summed E-state index contributed by atoms with van der Waals surface area (Å²) in [5.41, 5.74) is 2.19. The fourth-order valence-corrected chi connectivity index (χ4v) is 3.73. The zero-order chi connectivity index (χ0) is 17.9. The number of aryl methyl sites for hydroxylation is 1. The van der Waals surface area contributed by atoms with Gasteiger partial charge in [-0.1, -0.05) is 30.0 Å². The summed E-state index contributed by atoms with van der Waals surface area (Å²) in [5.74, 6) is 1.22. The van der Waals surface area contributed by atoms with E-state index in [9.17, 15) is 4.79 Å². The maximum Gasteiger partial charge on any atom is 0.232 e. The number of nitrogens with zero attached hydrogens (tertiary/aromatic N) is 4. The number of hydrogen-bond acceptors (Lipinski definition) is 6. The zero-order valence-corrected chi connectivity index (χ0v) is 15.7. The van der Waals surface area contributed by atoms with Gasteiger partial charge >= 0.3 is 0 Å². The summed E-state index contributed by atoms with van der Waals surface area (Å²) in [6, 6.07) is 8.55. The number of rotatable bonds is 6. The van der Waals surface area contributed by atoms with Gasteiger partial charge in [-0.25, -0.2) is 0 Å². The number of aromatic nitrogens is 3. The first-order valence-electron chi connectivity index (χ1n) is 8.98. The van der Waals surface area contributed by atoms with Gasteiger partial charge in [0.05, 0.1) is 24.7 Å². The number of para-hydroxylation sites is 1. The van der Waals surface area contributed by atoms with E-state index in [1.54, 1.807) is 0 Å². The highest BCUT2D eigenvalue weighted by Crippen LogP contribution is 2.29. The number of morpholine rings is 1. The summed E-state index contributed by atoms with van der Waals surface area (Å²) in [6.07, 6.45) is 2.19.